The van der Waals surface area contributed by atoms with Crippen LogP contribution in [0.4, 0.5) is 13.6 Å². The van der Waals surface area contributed by atoms with Gasteiger partial charge in [-0.1, -0.05) is 67.3 Å². The summed E-state index contributed by atoms with van der Waals surface area (Å²) in [5.41, 5.74) is 0.235. The molecule has 3 unspecified atom stereocenters. The van der Waals surface area contributed by atoms with E-state index in [9.17, 15) is 18.0 Å². The first-order valence-corrected chi connectivity index (χ1v) is 20.5. The van der Waals surface area contributed by atoms with Crippen LogP contribution in [0.15, 0.2) is 77.7 Å². The van der Waals surface area contributed by atoms with E-state index in [-0.39, 0.29) is 22.8 Å². The van der Waals surface area contributed by atoms with E-state index in [0.29, 0.717) is 54.5 Å². The molecule has 0 saturated heterocycles. The fourth-order valence-electron chi connectivity index (χ4n) is 8.29. The molecule has 0 radical (unpaired) electrons. The van der Waals surface area contributed by atoms with Gasteiger partial charge in [0.1, 0.15) is 17.4 Å². The van der Waals surface area contributed by atoms with Crippen molar-refractivity contribution in [2.24, 2.45) is 23.7 Å². The Hall–Kier alpha value is -3.54. The maximum Gasteiger partial charge on any atom is 0.407 e. The minimum absolute atomic E-state index is 0.248. The molecule has 3 saturated carbocycles. The highest BCUT2D eigenvalue weighted by Crippen LogP contribution is 2.49. The highest BCUT2D eigenvalue weighted by Gasteiger charge is 2.55. The standard InChI is InChI=1S/C41H49ClF2N2O6S/c1-40(2,3)52-39(48)45-33-23-29-9-10-30(24-33)36(29)37(47)38(41(43,44)31-15-11-27(12-16-31)28-13-17-32(42)18-14-28)46-53(49,50)35-21-19-34(20-22-35)51-25-26-7-5-4-6-8-26/h11-22,26,29-30,33,36,38,46H,4-10,23-25H2,1-3H3,(H,45,48). The van der Waals surface area contributed by atoms with Crippen molar-refractivity contribution in [3.63, 3.8) is 0 Å². The molecular weight excluding hydrogens is 722 g/mol. The molecule has 6 rings (SSSR count). The minimum Gasteiger partial charge on any atom is -0.493 e. The third-order valence-corrected chi connectivity index (χ3v) is 12.6. The van der Waals surface area contributed by atoms with Gasteiger partial charge in [-0.05, 0) is 125 Å². The summed E-state index contributed by atoms with van der Waals surface area (Å²) in [6, 6.07) is 15.4. The molecule has 12 heteroatoms. The van der Waals surface area contributed by atoms with Crippen LogP contribution in [0.3, 0.4) is 0 Å². The number of ketones is 1. The van der Waals surface area contributed by atoms with Crippen molar-refractivity contribution in [2.75, 3.05) is 6.61 Å². The third kappa shape index (κ3) is 9.59. The van der Waals surface area contributed by atoms with Crippen LogP contribution < -0.4 is 14.8 Å². The van der Waals surface area contributed by atoms with E-state index in [1.165, 1.54) is 67.8 Å². The number of ether oxygens (including phenoxy) is 2. The SMILES string of the molecule is CC(C)(C)OC(=O)NC1CC2CCC(C1)C2C(=O)C(NS(=O)(=O)c1ccc(OCC2CCCCC2)cc1)C(F)(F)c1ccc(-c2ccc(Cl)cc2)cc1. The molecule has 3 aliphatic rings. The van der Waals surface area contributed by atoms with Crippen LogP contribution in [-0.2, 0) is 25.5 Å². The molecule has 0 aliphatic heterocycles. The van der Waals surface area contributed by atoms with E-state index in [2.05, 4.69) is 10.0 Å². The number of fused-ring (bicyclic) bond motifs is 2. The Bertz CT molecular complexity index is 1830. The average Bonchev–Trinajstić information content (AvgIpc) is 3.39. The molecule has 8 nitrogen and oxygen atoms in total. The van der Waals surface area contributed by atoms with Crippen LogP contribution in [0.2, 0.25) is 5.02 Å². The zero-order valence-corrected chi connectivity index (χ0v) is 32.0. The van der Waals surface area contributed by atoms with Gasteiger partial charge in [-0.2, -0.15) is 13.5 Å². The Morgan fingerprint density at radius 1 is 0.830 bits per heavy atom. The molecule has 2 bridgehead atoms. The molecule has 3 aliphatic carbocycles. The molecule has 286 valence electrons. The number of sulfonamides is 1. The van der Waals surface area contributed by atoms with Gasteiger partial charge in [-0.3, -0.25) is 4.79 Å². The van der Waals surface area contributed by atoms with E-state index >= 15 is 8.78 Å². The van der Waals surface area contributed by atoms with Crippen LogP contribution in [0, 0.1) is 23.7 Å². The zero-order valence-electron chi connectivity index (χ0n) is 30.5. The highest BCUT2D eigenvalue weighted by molar-refractivity contribution is 7.89. The highest BCUT2D eigenvalue weighted by atomic mass is 35.5. The van der Waals surface area contributed by atoms with E-state index in [1.807, 2.05) is 0 Å². The number of halogens is 3. The van der Waals surface area contributed by atoms with E-state index in [4.69, 9.17) is 21.1 Å². The molecule has 0 heterocycles. The van der Waals surface area contributed by atoms with Gasteiger partial charge in [0.2, 0.25) is 10.0 Å². The molecule has 1 amide bonds. The van der Waals surface area contributed by atoms with Crippen molar-refractivity contribution in [3.05, 3.63) is 83.4 Å². The van der Waals surface area contributed by atoms with Gasteiger partial charge < -0.3 is 14.8 Å². The van der Waals surface area contributed by atoms with E-state index in [1.54, 1.807) is 45.0 Å². The van der Waals surface area contributed by atoms with Gasteiger partial charge in [0.25, 0.3) is 5.92 Å². The Morgan fingerprint density at radius 2 is 1.40 bits per heavy atom. The van der Waals surface area contributed by atoms with Crippen molar-refractivity contribution in [1.82, 2.24) is 10.0 Å². The summed E-state index contributed by atoms with van der Waals surface area (Å²) >= 11 is 6.02. The first-order valence-electron chi connectivity index (χ1n) is 18.6. The number of Topliss-reactive ketones (excluding diaryl/α,β-unsaturated/α-hetero) is 1. The molecule has 2 N–H and O–H groups in total. The lowest BCUT2D eigenvalue weighted by Crippen LogP contribution is -2.55. The largest absolute Gasteiger partial charge is 0.493 e. The van der Waals surface area contributed by atoms with Crippen LogP contribution in [-0.4, -0.2) is 44.6 Å². The Balaban J connectivity index is 1.24. The summed E-state index contributed by atoms with van der Waals surface area (Å²) < 4.78 is 74.9. The quantitative estimate of drug-likeness (QED) is 0.190. The predicted molar refractivity (Wildman–Crippen MR) is 201 cm³/mol. The van der Waals surface area contributed by atoms with Gasteiger partial charge in [-0.25, -0.2) is 13.2 Å². The average molecular weight is 771 g/mol. The van der Waals surface area contributed by atoms with Gasteiger partial charge in [-0.15, -0.1) is 0 Å². The Morgan fingerprint density at radius 3 is 1.96 bits per heavy atom. The predicted octanol–water partition coefficient (Wildman–Crippen LogP) is 9.30. The Kier molecular flexibility index (Phi) is 11.9. The number of benzene rings is 3. The molecule has 3 aromatic rings. The summed E-state index contributed by atoms with van der Waals surface area (Å²) in [6.07, 6.45) is 7.18. The van der Waals surface area contributed by atoms with Gasteiger partial charge in [0.05, 0.1) is 11.5 Å². The van der Waals surface area contributed by atoms with Crippen LogP contribution >= 0.6 is 11.6 Å². The first-order chi connectivity index (χ1) is 25.1. The Labute approximate surface area is 316 Å². The maximum atomic E-state index is 16.8. The summed E-state index contributed by atoms with van der Waals surface area (Å²) in [5, 5.41) is 3.42. The number of nitrogens with one attached hydrogen (secondary N) is 2. The number of rotatable bonds is 12. The number of hydrogen-bond acceptors (Lipinski definition) is 6. The summed E-state index contributed by atoms with van der Waals surface area (Å²) in [6.45, 7) is 5.82. The molecular formula is C41H49ClF2N2O6S. The lowest BCUT2D eigenvalue weighted by Gasteiger charge is -2.38. The van der Waals surface area contributed by atoms with Crippen molar-refractivity contribution in [1.29, 1.82) is 0 Å². The van der Waals surface area contributed by atoms with Crippen LogP contribution in [0.5, 0.6) is 5.75 Å². The van der Waals surface area contributed by atoms with Gasteiger partial charge in [0.15, 0.2) is 5.78 Å². The first kappa shape index (κ1) is 39.2. The second-order valence-electron chi connectivity index (χ2n) is 15.9. The molecule has 0 aromatic heterocycles. The minimum atomic E-state index is -4.59. The van der Waals surface area contributed by atoms with E-state index in [0.717, 1.165) is 18.4 Å². The second-order valence-corrected chi connectivity index (χ2v) is 18.0. The summed E-state index contributed by atoms with van der Waals surface area (Å²) in [5.74, 6) is -5.25. The number of hydrogen-bond donors (Lipinski definition) is 2. The lowest BCUT2D eigenvalue weighted by molar-refractivity contribution is -0.139. The molecule has 53 heavy (non-hydrogen) atoms. The third-order valence-electron chi connectivity index (χ3n) is 10.9. The molecule has 3 fully saturated rings. The van der Waals surface area contributed by atoms with Crippen molar-refractivity contribution >= 4 is 33.5 Å². The summed E-state index contributed by atoms with van der Waals surface area (Å²) in [4.78, 5) is 26.7. The summed E-state index contributed by atoms with van der Waals surface area (Å²) in [7, 11) is -4.59. The normalized spacial score (nSPS) is 22.9. The lowest BCUT2D eigenvalue weighted by atomic mass is 9.72. The van der Waals surface area contributed by atoms with Gasteiger partial charge in [0, 0.05) is 22.5 Å². The second kappa shape index (κ2) is 16.1. The molecule has 3 atom stereocenters. The monoisotopic (exact) mass is 770 g/mol. The topological polar surface area (TPSA) is 111 Å². The zero-order chi connectivity index (χ0) is 38.0. The maximum absolute atomic E-state index is 16.8. The fourth-order valence-corrected chi connectivity index (χ4v) is 9.62. The number of alkyl halides is 2. The van der Waals surface area contributed by atoms with Crippen LogP contribution in [0.25, 0.3) is 11.1 Å². The fraction of sp³-hybridized carbons (Fsp3) is 0.512. The van der Waals surface area contributed by atoms with E-state index < -0.39 is 50.9 Å². The number of carbonyl (C=O) groups is 2. The molecule has 0 spiro atoms. The number of amides is 1. The van der Waals surface area contributed by atoms with Crippen LogP contribution in [0.1, 0.15) is 84.1 Å². The van der Waals surface area contributed by atoms with Gasteiger partial charge >= 0.3 is 6.09 Å². The van der Waals surface area contributed by atoms with Crippen molar-refractivity contribution < 1.29 is 36.3 Å². The number of carbonyl (C=O) groups excluding carboxylic acids is 2. The smallest absolute Gasteiger partial charge is 0.407 e. The van der Waals surface area contributed by atoms with Crippen molar-refractivity contribution in [3.8, 4) is 16.9 Å². The number of alkyl carbamates (subject to hydrolysis) is 1. The molecule has 3 aromatic carbocycles. The van der Waals surface area contributed by atoms with Crippen molar-refractivity contribution in [2.45, 2.75) is 107 Å².